The van der Waals surface area contributed by atoms with Crippen molar-refractivity contribution in [3.8, 4) is 6.07 Å². The fourth-order valence-corrected chi connectivity index (χ4v) is 3.10. The van der Waals surface area contributed by atoms with Gasteiger partial charge in [-0.1, -0.05) is 30.3 Å². The van der Waals surface area contributed by atoms with Crippen LogP contribution in [0.1, 0.15) is 24.0 Å². The first-order valence-corrected chi connectivity index (χ1v) is 8.99. The van der Waals surface area contributed by atoms with Crippen molar-refractivity contribution >= 4 is 23.6 Å². The third-order valence-corrected chi connectivity index (χ3v) is 4.60. The molecule has 0 radical (unpaired) electrons. The standard InChI is InChI=1S/C22H21N3O2/c23-15-18-10-8-17(9-11-18)12-13-21(26)25-14-4-5-19(16-25)22(27)24-20-6-2-1-3-7-20/h1-3,6-13,19H,4-5,14,16H2,(H,24,27)/b13-12+. The van der Waals surface area contributed by atoms with Gasteiger partial charge in [0, 0.05) is 24.9 Å². The Bertz CT molecular complexity index is 867. The first kappa shape index (κ1) is 18.4. The van der Waals surface area contributed by atoms with E-state index < -0.39 is 0 Å². The van der Waals surface area contributed by atoms with Gasteiger partial charge in [-0.25, -0.2) is 0 Å². The minimum absolute atomic E-state index is 0.0465. The van der Waals surface area contributed by atoms with Crippen molar-refractivity contribution in [2.24, 2.45) is 5.92 Å². The highest BCUT2D eigenvalue weighted by atomic mass is 16.2. The van der Waals surface area contributed by atoms with Crippen molar-refractivity contribution in [3.63, 3.8) is 0 Å². The van der Waals surface area contributed by atoms with Crippen LogP contribution in [0.2, 0.25) is 0 Å². The molecule has 0 saturated carbocycles. The maximum atomic E-state index is 12.5. The van der Waals surface area contributed by atoms with Crippen LogP contribution in [-0.4, -0.2) is 29.8 Å². The van der Waals surface area contributed by atoms with Crippen molar-refractivity contribution in [2.45, 2.75) is 12.8 Å². The molecule has 2 amide bonds. The highest BCUT2D eigenvalue weighted by Crippen LogP contribution is 2.19. The summed E-state index contributed by atoms with van der Waals surface area (Å²) in [6.07, 6.45) is 4.85. The zero-order valence-corrected chi connectivity index (χ0v) is 15.0. The summed E-state index contributed by atoms with van der Waals surface area (Å²) < 4.78 is 0. The fraction of sp³-hybridized carbons (Fsp3) is 0.227. The van der Waals surface area contributed by atoms with Crippen molar-refractivity contribution in [1.29, 1.82) is 5.26 Å². The molecule has 0 spiro atoms. The molecule has 1 N–H and O–H groups in total. The lowest BCUT2D eigenvalue weighted by Gasteiger charge is -2.31. The van der Waals surface area contributed by atoms with E-state index in [-0.39, 0.29) is 17.7 Å². The largest absolute Gasteiger partial charge is 0.338 e. The van der Waals surface area contributed by atoms with Crippen LogP contribution < -0.4 is 5.32 Å². The van der Waals surface area contributed by atoms with E-state index in [1.807, 2.05) is 30.3 Å². The molecule has 1 aliphatic rings. The van der Waals surface area contributed by atoms with Crippen molar-refractivity contribution in [1.82, 2.24) is 4.90 Å². The Morgan fingerprint density at radius 1 is 1.11 bits per heavy atom. The molecule has 1 aliphatic heterocycles. The Kier molecular flexibility index (Phi) is 6.01. The highest BCUT2D eigenvalue weighted by molar-refractivity contribution is 5.95. The number of para-hydroxylation sites is 1. The Morgan fingerprint density at radius 3 is 2.56 bits per heavy atom. The molecule has 1 atom stereocenters. The SMILES string of the molecule is N#Cc1ccc(/C=C/C(=O)N2CCCC(C(=O)Nc3ccccc3)C2)cc1. The second kappa shape index (κ2) is 8.81. The molecular weight excluding hydrogens is 338 g/mol. The van der Waals surface area contributed by atoms with E-state index in [9.17, 15) is 9.59 Å². The van der Waals surface area contributed by atoms with Gasteiger partial charge in [-0.3, -0.25) is 9.59 Å². The van der Waals surface area contributed by atoms with E-state index in [0.717, 1.165) is 24.1 Å². The van der Waals surface area contributed by atoms with Crippen LogP contribution in [0.4, 0.5) is 5.69 Å². The van der Waals surface area contributed by atoms with Gasteiger partial charge in [0.05, 0.1) is 17.6 Å². The quantitative estimate of drug-likeness (QED) is 0.850. The van der Waals surface area contributed by atoms with Gasteiger partial charge in [0.25, 0.3) is 0 Å². The number of likely N-dealkylation sites (tertiary alicyclic amines) is 1. The number of anilines is 1. The monoisotopic (exact) mass is 359 g/mol. The molecule has 5 nitrogen and oxygen atoms in total. The number of piperidine rings is 1. The van der Waals surface area contributed by atoms with E-state index in [2.05, 4.69) is 11.4 Å². The Balaban J connectivity index is 1.58. The molecule has 5 heteroatoms. The summed E-state index contributed by atoms with van der Waals surface area (Å²) in [7, 11) is 0. The van der Waals surface area contributed by atoms with Gasteiger partial charge >= 0.3 is 0 Å². The van der Waals surface area contributed by atoms with Crippen LogP contribution in [0, 0.1) is 17.2 Å². The second-order valence-electron chi connectivity index (χ2n) is 6.55. The lowest BCUT2D eigenvalue weighted by molar-refractivity contribution is -0.130. The number of nitriles is 1. The smallest absolute Gasteiger partial charge is 0.246 e. The summed E-state index contributed by atoms with van der Waals surface area (Å²) in [6, 6.07) is 18.5. The van der Waals surface area contributed by atoms with Gasteiger partial charge < -0.3 is 10.2 Å². The molecule has 136 valence electrons. The van der Waals surface area contributed by atoms with Crippen LogP contribution in [0.3, 0.4) is 0 Å². The zero-order valence-electron chi connectivity index (χ0n) is 15.0. The Labute approximate surface area is 158 Å². The summed E-state index contributed by atoms with van der Waals surface area (Å²) in [5, 5.41) is 11.7. The first-order valence-electron chi connectivity index (χ1n) is 8.99. The maximum absolute atomic E-state index is 12.5. The summed E-state index contributed by atoms with van der Waals surface area (Å²) in [5.74, 6) is -0.349. The van der Waals surface area contributed by atoms with Gasteiger partial charge in [0.15, 0.2) is 0 Å². The summed E-state index contributed by atoms with van der Waals surface area (Å²) in [4.78, 5) is 26.7. The molecule has 3 rings (SSSR count). The Hall–Kier alpha value is -3.39. The van der Waals surface area contributed by atoms with Crippen LogP contribution in [0.25, 0.3) is 6.08 Å². The second-order valence-corrected chi connectivity index (χ2v) is 6.55. The average Bonchev–Trinajstić information content (AvgIpc) is 2.73. The van der Waals surface area contributed by atoms with Crippen molar-refractivity contribution in [3.05, 3.63) is 71.8 Å². The number of carbonyl (C=O) groups is 2. The maximum Gasteiger partial charge on any atom is 0.246 e. The van der Waals surface area contributed by atoms with Gasteiger partial charge in [-0.2, -0.15) is 5.26 Å². The number of nitrogens with zero attached hydrogens (tertiary/aromatic N) is 2. The zero-order chi connectivity index (χ0) is 19.1. The van der Waals surface area contributed by atoms with Crippen molar-refractivity contribution in [2.75, 3.05) is 18.4 Å². The summed E-state index contributed by atoms with van der Waals surface area (Å²) in [6.45, 7) is 1.08. The third-order valence-electron chi connectivity index (χ3n) is 4.60. The molecule has 2 aromatic carbocycles. The van der Waals surface area contributed by atoms with Crippen LogP contribution in [-0.2, 0) is 9.59 Å². The molecule has 1 saturated heterocycles. The average molecular weight is 359 g/mol. The van der Waals surface area contributed by atoms with Gasteiger partial charge in [-0.15, -0.1) is 0 Å². The van der Waals surface area contributed by atoms with E-state index in [1.165, 1.54) is 6.08 Å². The number of carbonyl (C=O) groups excluding carboxylic acids is 2. The highest BCUT2D eigenvalue weighted by Gasteiger charge is 2.27. The predicted octanol–water partition coefficient (Wildman–Crippen LogP) is 3.45. The number of rotatable bonds is 4. The Morgan fingerprint density at radius 2 is 1.85 bits per heavy atom. The lowest BCUT2D eigenvalue weighted by atomic mass is 9.97. The lowest BCUT2D eigenvalue weighted by Crippen LogP contribution is -2.43. The van der Waals surface area contributed by atoms with Crippen LogP contribution in [0.5, 0.6) is 0 Å². The van der Waals surface area contributed by atoms with E-state index >= 15 is 0 Å². The van der Waals surface area contributed by atoms with Crippen LogP contribution in [0.15, 0.2) is 60.7 Å². The number of nitrogens with one attached hydrogen (secondary N) is 1. The van der Waals surface area contributed by atoms with Gasteiger partial charge in [0.2, 0.25) is 11.8 Å². The number of amides is 2. The molecular formula is C22H21N3O2. The summed E-state index contributed by atoms with van der Waals surface area (Å²) in [5.41, 5.74) is 2.21. The van der Waals surface area contributed by atoms with Gasteiger partial charge in [-0.05, 0) is 48.7 Å². The molecule has 0 bridgehead atoms. The molecule has 1 fully saturated rings. The summed E-state index contributed by atoms with van der Waals surface area (Å²) >= 11 is 0. The number of benzene rings is 2. The fourth-order valence-electron chi connectivity index (χ4n) is 3.10. The van der Waals surface area contributed by atoms with Crippen LogP contribution >= 0.6 is 0 Å². The molecule has 0 aliphatic carbocycles. The normalized spacial score (nSPS) is 16.7. The van der Waals surface area contributed by atoms with Crippen molar-refractivity contribution < 1.29 is 9.59 Å². The minimum atomic E-state index is -0.203. The molecule has 27 heavy (non-hydrogen) atoms. The third kappa shape index (κ3) is 5.05. The molecule has 1 heterocycles. The number of hydrogen-bond donors (Lipinski definition) is 1. The first-order chi connectivity index (χ1) is 13.2. The van der Waals surface area contributed by atoms with Gasteiger partial charge in [0.1, 0.15) is 0 Å². The topological polar surface area (TPSA) is 73.2 Å². The van der Waals surface area contributed by atoms with E-state index in [1.54, 1.807) is 35.2 Å². The molecule has 0 aromatic heterocycles. The predicted molar refractivity (Wildman–Crippen MR) is 105 cm³/mol. The molecule has 1 unspecified atom stereocenters. The molecule has 2 aromatic rings. The minimum Gasteiger partial charge on any atom is -0.338 e. The van der Waals surface area contributed by atoms with E-state index in [4.69, 9.17) is 5.26 Å². The van der Waals surface area contributed by atoms with E-state index in [0.29, 0.717) is 18.7 Å². The number of hydrogen-bond acceptors (Lipinski definition) is 3.